The number of nitrogens with zero attached hydrogens (tertiary/aromatic N) is 5. The molecule has 3 aromatic heterocycles. The SMILES string of the molecule is O=C(c1cc2ccccn2c1)N1CCN(c2ccc3c(=O)n(CC(F)F)cnc3c2)CC1. The molecule has 0 unspecified atom stereocenters. The fraction of sp³-hybridized carbons (Fsp3) is 0.261. The van der Waals surface area contributed by atoms with Gasteiger partial charge in [0.25, 0.3) is 17.9 Å². The van der Waals surface area contributed by atoms with Crippen LogP contribution < -0.4 is 10.5 Å². The van der Waals surface area contributed by atoms with Gasteiger partial charge >= 0.3 is 0 Å². The van der Waals surface area contributed by atoms with Crippen LogP contribution in [0.4, 0.5) is 14.5 Å². The monoisotopic (exact) mass is 437 g/mol. The Balaban J connectivity index is 1.30. The maximum absolute atomic E-state index is 12.9. The second-order valence-electron chi connectivity index (χ2n) is 7.84. The third-order valence-electron chi connectivity index (χ3n) is 5.83. The molecule has 0 bridgehead atoms. The molecule has 4 heterocycles. The van der Waals surface area contributed by atoms with E-state index in [-0.39, 0.29) is 5.91 Å². The zero-order chi connectivity index (χ0) is 22.2. The predicted octanol–water partition coefficient (Wildman–Crippen LogP) is 2.88. The average Bonchev–Trinajstić information content (AvgIpc) is 3.24. The molecule has 1 aliphatic heterocycles. The van der Waals surface area contributed by atoms with E-state index in [0.717, 1.165) is 15.8 Å². The van der Waals surface area contributed by atoms with Gasteiger partial charge in [-0.05, 0) is 36.4 Å². The smallest absolute Gasteiger partial charge is 0.261 e. The van der Waals surface area contributed by atoms with Gasteiger partial charge in [0.2, 0.25) is 0 Å². The van der Waals surface area contributed by atoms with Crippen molar-refractivity contribution < 1.29 is 13.6 Å². The summed E-state index contributed by atoms with van der Waals surface area (Å²) in [6.07, 6.45) is 2.31. The van der Waals surface area contributed by atoms with Gasteiger partial charge in [-0.2, -0.15) is 0 Å². The number of carbonyl (C=O) groups excluding carboxylic acids is 1. The van der Waals surface area contributed by atoms with Gasteiger partial charge in [-0.1, -0.05) is 6.07 Å². The summed E-state index contributed by atoms with van der Waals surface area (Å²) in [5.74, 6) is 0.00751. The van der Waals surface area contributed by atoms with E-state index in [1.54, 1.807) is 18.2 Å². The largest absolute Gasteiger partial charge is 0.368 e. The summed E-state index contributed by atoms with van der Waals surface area (Å²) in [5, 5.41) is 0.312. The number of alkyl halides is 2. The van der Waals surface area contributed by atoms with Crippen LogP contribution in [0.3, 0.4) is 0 Å². The Kier molecular flexibility index (Phi) is 5.08. The molecule has 7 nitrogen and oxygen atoms in total. The summed E-state index contributed by atoms with van der Waals surface area (Å²) in [4.78, 5) is 33.5. The van der Waals surface area contributed by atoms with Crippen LogP contribution in [0.2, 0.25) is 0 Å². The number of hydrogen-bond donors (Lipinski definition) is 0. The molecule has 1 aliphatic rings. The van der Waals surface area contributed by atoms with Gasteiger partial charge in [0.05, 0.1) is 29.3 Å². The van der Waals surface area contributed by atoms with Crippen molar-refractivity contribution in [3.05, 3.63) is 77.1 Å². The first-order chi connectivity index (χ1) is 15.5. The minimum Gasteiger partial charge on any atom is -0.368 e. The van der Waals surface area contributed by atoms with E-state index in [9.17, 15) is 18.4 Å². The fourth-order valence-electron chi connectivity index (χ4n) is 4.14. The Morgan fingerprint density at radius 2 is 1.88 bits per heavy atom. The standard InChI is InChI=1S/C23H21F2N5O2/c24-21(25)14-30-15-26-20-12-18(4-5-19(20)23(30)32)27-7-9-28(10-8-27)22(31)16-11-17-3-1-2-6-29(17)13-16/h1-6,11-13,15,21H,7-10,14H2. The average molecular weight is 437 g/mol. The van der Waals surface area contributed by atoms with E-state index < -0.39 is 18.5 Å². The molecular formula is C23H21F2N5O2. The first-order valence-electron chi connectivity index (χ1n) is 10.4. The number of halogens is 2. The zero-order valence-corrected chi connectivity index (χ0v) is 17.2. The third-order valence-corrected chi connectivity index (χ3v) is 5.83. The Labute approximate surface area is 182 Å². The number of aromatic nitrogens is 3. The van der Waals surface area contributed by atoms with Crippen molar-refractivity contribution in [3.8, 4) is 0 Å². The fourth-order valence-corrected chi connectivity index (χ4v) is 4.14. The van der Waals surface area contributed by atoms with Gasteiger partial charge in [0.1, 0.15) is 0 Å². The Morgan fingerprint density at radius 1 is 1.06 bits per heavy atom. The number of rotatable bonds is 4. The summed E-state index contributed by atoms with van der Waals surface area (Å²) < 4.78 is 28.1. The lowest BCUT2D eigenvalue weighted by atomic mass is 10.2. The van der Waals surface area contributed by atoms with Gasteiger partial charge in [0.15, 0.2) is 0 Å². The minimum atomic E-state index is -2.62. The van der Waals surface area contributed by atoms with Crippen molar-refractivity contribution in [1.82, 2.24) is 18.9 Å². The van der Waals surface area contributed by atoms with Crippen LogP contribution in [0.25, 0.3) is 16.4 Å². The second kappa shape index (κ2) is 8.07. The van der Waals surface area contributed by atoms with Gasteiger partial charge in [-0.15, -0.1) is 0 Å². The van der Waals surface area contributed by atoms with Crippen LogP contribution in [0.15, 0.2) is 66.0 Å². The molecule has 0 spiro atoms. The molecule has 9 heteroatoms. The maximum Gasteiger partial charge on any atom is 0.261 e. The van der Waals surface area contributed by atoms with Crippen LogP contribution in [0, 0.1) is 0 Å². The molecule has 5 rings (SSSR count). The number of carbonyl (C=O) groups is 1. The summed E-state index contributed by atoms with van der Waals surface area (Å²) >= 11 is 0. The number of hydrogen-bond acceptors (Lipinski definition) is 4. The summed E-state index contributed by atoms with van der Waals surface area (Å²) in [5.41, 5.74) is 2.53. The van der Waals surface area contributed by atoms with Crippen molar-refractivity contribution in [2.45, 2.75) is 13.0 Å². The Morgan fingerprint density at radius 3 is 2.62 bits per heavy atom. The molecule has 1 saturated heterocycles. The van der Waals surface area contributed by atoms with Crippen molar-refractivity contribution in [1.29, 1.82) is 0 Å². The lowest BCUT2D eigenvalue weighted by Gasteiger charge is -2.36. The van der Waals surface area contributed by atoms with Crippen molar-refractivity contribution >= 4 is 28.0 Å². The maximum atomic E-state index is 12.9. The van der Waals surface area contributed by atoms with E-state index in [1.165, 1.54) is 6.33 Å². The molecule has 32 heavy (non-hydrogen) atoms. The Bertz CT molecular complexity index is 1320. The topological polar surface area (TPSA) is 62.9 Å². The summed E-state index contributed by atoms with van der Waals surface area (Å²) in [7, 11) is 0. The van der Waals surface area contributed by atoms with Crippen molar-refractivity contribution in [3.63, 3.8) is 0 Å². The number of fused-ring (bicyclic) bond motifs is 2. The predicted molar refractivity (Wildman–Crippen MR) is 118 cm³/mol. The zero-order valence-electron chi connectivity index (χ0n) is 17.2. The van der Waals surface area contributed by atoms with Crippen LogP contribution in [0.5, 0.6) is 0 Å². The third kappa shape index (κ3) is 3.70. The van der Waals surface area contributed by atoms with E-state index in [1.807, 2.05) is 46.0 Å². The first kappa shape index (κ1) is 20.2. The summed E-state index contributed by atoms with van der Waals surface area (Å²) in [6.45, 7) is 1.77. The number of benzene rings is 1. The quantitative estimate of drug-likeness (QED) is 0.493. The molecule has 1 aromatic carbocycles. The molecule has 1 amide bonds. The van der Waals surface area contributed by atoms with Crippen LogP contribution in [0.1, 0.15) is 10.4 Å². The van der Waals surface area contributed by atoms with Crippen LogP contribution >= 0.6 is 0 Å². The lowest BCUT2D eigenvalue weighted by molar-refractivity contribution is 0.0747. The van der Waals surface area contributed by atoms with E-state index in [2.05, 4.69) is 9.88 Å². The van der Waals surface area contributed by atoms with Crippen LogP contribution in [-0.4, -0.2) is 57.4 Å². The molecule has 0 N–H and O–H groups in total. The summed E-state index contributed by atoms with van der Waals surface area (Å²) in [6, 6.07) is 12.9. The molecular weight excluding hydrogens is 416 g/mol. The van der Waals surface area contributed by atoms with E-state index >= 15 is 0 Å². The van der Waals surface area contributed by atoms with Crippen molar-refractivity contribution in [2.24, 2.45) is 0 Å². The highest BCUT2D eigenvalue weighted by Gasteiger charge is 2.23. The molecule has 0 radical (unpaired) electrons. The highest BCUT2D eigenvalue weighted by molar-refractivity contribution is 5.95. The van der Waals surface area contributed by atoms with Gasteiger partial charge in [-0.25, -0.2) is 13.8 Å². The molecule has 0 aliphatic carbocycles. The number of piperazine rings is 1. The number of anilines is 1. The molecule has 0 atom stereocenters. The number of amides is 1. The van der Waals surface area contributed by atoms with Gasteiger partial charge in [0, 0.05) is 49.8 Å². The van der Waals surface area contributed by atoms with E-state index in [4.69, 9.17) is 0 Å². The van der Waals surface area contributed by atoms with Gasteiger partial charge in [-0.3, -0.25) is 14.2 Å². The Hall–Kier alpha value is -3.75. The molecule has 1 fully saturated rings. The lowest BCUT2D eigenvalue weighted by Crippen LogP contribution is -2.48. The van der Waals surface area contributed by atoms with Crippen molar-refractivity contribution in [2.75, 3.05) is 31.1 Å². The van der Waals surface area contributed by atoms with Crippen LogP contribution in [-0.2, 0) is 6.54 Å². The number of pyridine rings is 1. The highest BCUT2D eigenvalue weighted by atomic mass is 19.3. The normalized spacial score (nSPS) is 14.6. The first-order valence-corrected chi connectivity index (χ1v) is 10.4. The van der Waals surface area contributed by atoms with E-state index in [0.29, 0.717) is 42.6 Å². The minimum absolute atomic E-state index is 0.00751. The second-order valence-corrected chi connectivity index (χ2v) is 7.84. The molecule has 164 valence electrons. The van der Waals surface area contributed by atoms with Gasteiger partial charge < -0.3 is 14.2 Å². The highest BCUT2D eigenvalue weighted by Crippen LogP contribution is 2.21. The molecule has 4 aromatic rings. The molecule has 0 saturated carbocycles.